The largest absolute Gasteiger partial charge is 0.507 e. The SMILES string of the molecule is CCCc1c(OCc2ccc(Oc3ncccc3N)cc2)ccc(C(C)=O)c1O. The van der Waals surface area contributed by atoms with Crippen molar-refractivity contribution < 1.29 is 19.4 Å². The second-order valence-corrected chi connectivity index (χ2v) is 6.68. The standard InChI is InChI=1S/C23H24N2O4/c1-3-5-19-21(12-11-18(15(2)26)22(19)27)28-14-16-7-9-17(10-8-16)29-23-20(24)6-4-13-25-23/h4,6-13,27H,3,5,14,24H2,1-2H3. The Balaban J connectivity index is 1.71. The summed E-state index contributed by atoms with van der Waals surface area (Å²) in [6.07, 6.45) is 3.07. The van der Waals surface area contributed by atoms with Gasteiger partial charge in [-0.3, -0.25) is 4.79 Å². The lowest BCUT2D eigenvalue weighted by atomic mass is 10.0. The van der Waals surface area contributed by atoms with Crippen molar-refractivity contribution in [2.24, 2.45) is 0 Å². The van der Waals surface area contributed by atoms with Crippen molar-refractivity contribution in [3.63, 3.8) is 0 Å². The fraction of sp³-hybridized carbons (Fsp3) is 0.217. The minimum Gasteiger partial charge on any atom is -0.507 e. The number of benzene rings is 2. The van der Waals surface area contributed by atoms with Crippen LogP contribution in [0.2, 0.25) is 0 Å². The molecule has 0 bridgehead atoms. The number of phenols is 1. The zero-order chi connectivity index (χ0) is 20.8. The van der Waals surface area contributed by atoms with Crippen molar-refractivity contribution in [1.29, 1.82) is 0 Å². The van der Waals surface area contributed by atoms with Crippen LogP contribution in [0.15, 0.2) is 54.7 Å². The molecule has 6 nitrogen and oxygen atoms in total. The summed E-state index contributed by atoms with van der Waals surface area (Å²) in [5, 5.41) is 10.4. The Labute approximate surface area is 169 Å². The molecule has 0 radical (unpaired) electrons. The summed E-state index contributed by atoms with van der Waals surface area (Å²) in [4.78, 5) is 15.8. The monoisotopic (exact) mass is 392 g/mol. The highest BCUT2D eigenvalue weighted by atomic mass is 16.5. The smallest absolute Gasteiger partial charge is 0.242 e. The summed E-state index contributed by atoms with van der Waals surface area (Å²) in [6.45, 7) is 3.77. The number of carbonyl (C=O) groups excluding carboxylic acids is 1. The van der Waals surface area contributed by atoms with Crippen molar-refractivity contribution in [2.75, 3.05) is 5.73 Å². The average Bonchev–Trinajstić information content (AvgIpc) is 2.71. The molecule has 0 spiro atoms. The van der Waals surface area contributed by atoms with E-state index in [4.69, 9.17) is 15.2 Å². The Morgan fingerprint density at radius 2 is 1.90 bits per heavy atom. The molecule has 0 aliphatic rings. The number of ether oxygens (including phenoxy) is 2. The van der Waals surface area contributed by atoms with Crippen molar-refractivity contribution in [3.05, 3.63) is 71.4 Å². The van der Waals surface area contributed by atoms with Crippen LogP contribution in [-0.4, -0.2) is 15.9 Å². The molecule has 29 heavy (non-hydrogen) atoms. The lowest BCUT2D eigenvalue weighted by Gasteiger charge is -2.15. The van der Waals surface area contributed by atoms with Crippen LogP contribution in [-0.2, 0) is 13.0 Å². The van der Waals surface area contributed by atoms with Crippen LogP contribution >= 0.6 is 0 Å². The molecule has 6 heteroatoms. The predicted octanol–water partition coefficient (Wildman–Crippen LogP) is 4.90. The molecule has 0 fully saturated rings. The first-order valence-corrected chi connectivity index (χ1v) is 9.45. The van der Waals surface area contributed by atoms with Gasteiger partial charge in [-0.25, -0.2) is 4.98 Å². The summed E-state index contributed by atoms with van der Waals surface area (Å²) < 4.78 is 11.6. The molecule has 0 amide bonds. The highest BCUT2D eigenvalue weighted by Gasteiger charge is 2.16. The number of pyridine rings is 1. The van der Waals surface area contributed by atoms with E-state index < -0.39 is 0 Å². The number of anilines is 1. The third-order valence-corrected chi connectivity index (χ3v) is 4.45. The fourth-order valence-corrected chi connectivity index (χ4v) is 2.94. The fourth-order valence-electron chi connectivity index (χ4n) is 2.94. The number of ketones is 1. The Morgan fingerprint density at radius 1 is 1.14 bits per heavy atom. The Kier molecular flexibility index (Phi) is 6.34. The molecule has 0 aliphatic carbocycles. The maximum absolute atomic E-state index is 11.7. The lowest BCUT2D eigenvalue weighted by molar-refractivity contribution is 0.101. The van der Waals surface area contributed by atoms with E-state index >= 15 is 0 Å². The summed E-state index contributed by atoms with van der Waals surface area (Å²) in [5.41, 5.74) is 8.22. The summed E-state index contributed by atoms with van der Waals surface area (Å²) in [5.74, 6) is 1.40. The molecule has 0 aliphatic heterocycles. The van der Waals surface area contributed by atoms with Crippen LogP contribution in [0.3, 0.4) is 0 Å². The van der Waals surface area contributed by atoms with Crippen LogP contribution in [0.25, 0.3) is 0 Å². The number of nitrogens with two attached hydrogens (primary N) is 1. The molecule has 0 saturated carbocycles. The lowest BCUT2D eigenvalue weighted by Crippen LogP contribution is -2.02. The van der Waals surface area contributed by atoms with Gasteiger partial charge < -0.3 is 20.3 Å². The van der Waals surface area contributed by atoms with Gasteiger partial charge in [0.1, 0.15) is 23.9 Å². The number of rotatable bonds is 8. The number of hydrogen-bond acceptors (Lipinski definition) is 6. The summed E-state index contributed by atoms with van der Waals surface area (Å²) in [6, 6.07) is 14.2. The number of hydrogen-bond donors (Lipinski definition) is 2. The van der Waals surface area contributed by atoms with E-state index in [2.05, 4.69) is 4.98 Å². The second-order valence-electron chi connectivity index (χ2n) is 6.68. The Bertz CT molecular complexity index is 1000. The van der Waals surface area contributed by atoms with Gasteiger partial charge in [0.05, 0.1) is 11.3 Å². The zero-order valence-electron chi connectivity index (χ0n) is 16.5. The number of nitrogens with zero attached hydrogens (tertiary/aromatic N) is 1. The minimum absolute atomic E-state index is 0.00791. The zero-order valence-corrected chi connectivity index (χ0v) is 16.5. The van der Waals surface area contributed by atoms with Gasteiger partial charge in [0.15, 0.2) is 5.78 Å². The van der Waals surface area contributed by atoms with Gasteiger partial charge in [-0.05, 0) is 55.3 Å². The van der Waals surface area contributed by atoms with Crippen LogP contribution in [0.4, 0.5) is 5.69 Å². The average molecular weight is 392 g/mol. The summed E-state index contributed by atoms with van der Waals surface area (Å²) in [7, 11) is 0. The van der Waals surface area contributed by atoms with Gasteiger partial charge in [-0.15, -0.1) is 0 Å². The number of aromatic nitrogens is 1. The van der Waals surface area contributed by atoms with Crippen LogP contribution < -0.4 is 15.2 Å². The molecule has 3 aromatic rings. The number of Topliss-reactive ketones (excluding diaryl/α,β-unsaturated/α-hetero) is 1. The molecular formula is C23H24N2O4. The Morgan fingerprint density at radius 3 is 2.55 bits per heavy atom. The maximum Gasteiger partial charge on any atom is 0.242 e. The van der Waals surface area contributed by atoms with E-state index in [1.54, 1.807) is 30.5 Å². The van der Waals surface area contributed by atoms with Crippen LogP contribution in [0.1, 0.15) is 41.8 Å². The third-order valence-electron chi connectivity index (χ3n) is 4.45. The predicted molar refractivity (Wildman–Crippen MR) is 112 cm³/mol. The number of aromatic hydroxyl groups is 1. The topological polar surface area (TPSA) is 94.7 Å². The van der Waals surface area contributed by atoms with Gasteiger partial charge in [-0.1, -0.05) is 25.5 Å². The van der Waals surface area contributed by atoms with E-state index in [-0.39, 0.29) is 11.5 Å². The van der Waals surface area contributed by atoms with Gasteiger partial charge in [-0.2, -0.15) is 0 Å². The highest BCUT2D eigenvalue weighted by Crippen LogP contribution is 2.33. The molecule has 0 saturated heterocycles. The Hall–Kier alpha value is -3.54. The molecule has 3 rings (SSSR count). The van der Waals surface area contributed by atoms with E-state index in [1.807, 2.05) is 31.2 Å². The number of nitrogen functional groups attached to an aromatic ring is 1. The first kappa shape index (κ1) is 20.2. The van der Waals surface area contributed by atoms with Gasteiger partial charge >= 0.3 is 0 Å². The number of carbonyl (C=O) groups is 1. The second kappa shape index (κ2) is 9.10. The summed E-state index contributed by atoms with van der Waals surface area (Å²) >= 11 is 0. The molecule has 1 heterocycles. The molecule has 3 N–H and O–H groups in total. The van der Waals surface area contributed by atoms with Crippen molar-refractivity contribution in [1.82, 2.24) is 4.98 Å². The first-order chi connectivity index (χ1) is 14.0. The molecule has 0 unspecified atom stereocenters. The van der Waals surface area contributed by atoms with Crippen molar-refractivity contribution >= 4 is 11.5 Å². The minimum atomic E-state index is -0.171. The molecule has 1 aromatic heterocycles. The normalized spacial score (nSPS) is 10.6. The van der Waals surface area contributed by atoms with Gasteiger partial charge in [0.2, 0.25) is 5.88 Å². The van der Waals surface area contributed by atoms with E-state index in [0.29, 0.717) is 47.2 Å². The maximum atomic E-state index is 11.7. The molecular weight excluding hydrogens is 368 g/mol. The van der Waals surface area contributed by atoms with Gasteiger partial charge in [0.25, 0.3) is 0 Å². The van der Waals surface area contributed by atoms with Crippen molar-refractivity contribution in [3.8, 4) is 23.1 Å². The van der Waals surface area contributed by atoms with E-state index in [0.717, 1.165) is 12.0 Å². The third kappa shape index (κ3) is 4.85. The van der Waals surface area contributed by atoms with E-state index in [1.165, 1.54) is 6.92 Å². The molecule has 150 valence electrons. The van der Waals surface area contributed by atoms with E-state index in [9.17, 15) is 9.90 Å². The first-order valence-electron chi connectivity index (χ1n) is 9.45. The number of phenolic OH excluding ortho intramolecular Hbond substituents is 1. The van der Waals surface area contributed by atoms with Crippen LogP contribution in [0.5, 0.6) is 23.1 Å². The highest BCUT2D eigenvalue weighted by molar-refractivity contribution is 5.97. The van der Waals surface area contributed by atoms with Crippen LogP contribution in [0, 0.1) is 0 Å². The quantitative estimate of drug-likeness (QED) is 0.530. The van der Waals surface area contributed by atoms with Crippen molar-refractivity contribution in [2.45, 2.75) is 33.3 Å². The van der Waals surface area contributed by atoms with Gasteiger partial charge in [0, 0.05) is 11.8 Å². The molecule has 0 atom stereocenters. The molecule has 2 aromatic carbocycles.